The van der Waals surface area contributed by atoms with E-state index in [4.69, 9.17) is 0 Å². The highest BCUT2D eigenvalue weighted by Crippen LogP contribution is 2.17. The van der Waals surface area contributed by atoms with Gasteiger partial charge in [0, 0.05) is 49.1 Å². The summed E-state index contributed by atoms with van der Waals surface area (Å²) < 4.78 is 25.4. The number of fused-ring (bicyclic) bond motifs is 1. The molecule has 0 aliphatic rings. The van der Waals surface area contributed by atoms with Gasteiger partial charge < -0.3 is 10.3 Å². The molecule has 0 saturated carbocycles. The molecular weight excluding hydrogens is 364 g/mol. The number of amides is 1. The van der Waals surface area contributed by atoms with Crippen molar-refractivity contribution in [3.63, 3.8) is 0 Å². The summed E-state index contributed by atoms with van der Waals surface area (Å²) in [5.41, 5.74) is 2.75. The van der Waals surface area contributed by atoms with Crippen LogP contribution in [-0.4, -0.2) is 47.9 Å². The molecule has 2 N–H and O–H groups in total. The van der Waals surface area contributed by atoms with Gasteiger partial charge in [-0.2, -0.15) is 4.31 Å². The van der Waals surface area contributed by atoms with Gasteiger partial charge >= 0.3 is 0 Å². The number of H-pyrrole nitrogens is 1. The van der Waals surface area contributed by atoms with Crippen LogP contribution in [0.15, 0.2) is 55.0 Å². The quantitative estimate of drug-likeness (QED) is 0.616. The van der Waals surface area contributed by atoms with Crippen molar-refractivity contribution in [2.75, 3.05) is 19.3 Å². The lowest BCUT2D eigenvalue weighted by Crippen LogP contribution is -2.38. The number of pyridine rings is 1. The molecule has 0 aliphatic carbocycles. The second-order valence-electron chi connectivity index (χ2n) is 6.34. The van der Waals surface area contributed by atoms with Crippen LogP contribution in [0.25, 0.3) is 10.9 Å². The van der Waals surface area contributed by atoms with Gasteiger partial charge in [0.15, 0.2) is 0 Å². The zero-order valence-corrected chi connectivity index (χ0v) is 15.9. The second kappa shape index (κ2) is 8.32. The molecule has 8 heteroatoms. The van der Waals surface area contributed by atoms with Crippen LogP contribution in [0, 0.1) is 0 Å². The molecule has 27 heavy (non-hydrogen) atoms. The van der Waals surface area contributed by atoms with Crippen molar-refractivity contribution in [3.8, 4) is 0 Å². The van der Waals surface area contributed by atoms with E-state index in [1.165, 1.54) is 10.6 Å². The first-order valence-electron chi connectivity index (χ1n) is 8.59. The second-order valence-corrected chi connectivity index (χ2v) is 8.32. The van der Waals surface area contributed by atoms with Crippen molar-refractivity contribution >= 4 is 26.8 Å². The minimum atomic E-state index is -3.38. The standard InChI is InChI=1S/C19H22N4O3S/c1-27(25,26)23(14-15-6-8-20-9-7-15)11-10-21-19(24)12-16-13-22-18-5-3-2-4-17(16)18/h2-9,13,22H,10-12,14H2,1H3,(H,21,24). The number of para-hydroxylation sites is 1. The first-order valence-corrected chi connectivity index (χ1v) is 10.4. The molecule has 3 rings (SSSR count). The Morgan fingerprint density at radius 2 is 1.93 bits per heavy atom. The number of carbonyl (C=O) groups excluding carboxylic acids is 1. The van der Waals surface area contributed by atoms with Gasteiger partial charge in [0.25, 0.3) is 0 Å². The van der Waals surface area contributed by atoms with Crippen LogP contribution in [0.2, 0.25) is 0 Å². The smallest absolute Gasteiger partial charge is 0.224 e. The van der Waals surface area contributed by atoms with Crippen molar-refractivity contribution in [1.82, 2.24) is 19.6 Å². The third-order valence-electron chi connectivity index (χ3n) is 4.29. The van der Waals surface area contributed by atoms with Crippen molar-refractivity contribution < 1.29 is 13.2 Å². The predicted molar refractivity (Wildman–Crippen MR) is 105 cm³/mol. The fourth-order valence-electron chi connectivity index (χ4n) is 2.89. The van der Waals surface area contributed by atoms with E-state index >= 15 is 0 Å². The molecule has 142 valence electrons. The van der Waals surface area contributed by atoms with Crippen LogP contribution in [-0.2, 0) is 27.8 Å². The largest absolute Gasteiger partial charge is 0.361 e. The van der Waals surface area contributed by atoms with Gasteiger partial charge in [0.2, 0.25) is 15.9 Å². The van der Waals surface area contributed by atoms with Crippen LogP contribution in [0.4, 0.5) is 0 Å². The van der Waals surface area contributed by atoms with Crippen molar-refractivity contribution in [2.24, 2.45) is 0 Å². The fraction of sp³-hybridized carbons (Fsp3) is 0.263. The maximum Gasteiger partial charge on any atom is 0.224 e. The van der Waals surface area contributed by atoms with Gasteiger partial charge in [-0.1, -0.05) is 18.2 Å². The molecule has 0 fully saturated rings. The zero-order chi connectivity index (χ0) is 19.3. The zero-order valence-electron chi connectivity index (χ0n) is 15.1. The summed E-state index contributed by atoms with van der Waals surface area (Å²) in [6, 6.07) is 11.3. The summed E-state index contributed by atoms with van der Waals surface area (Å²) in [4.78, 5) is 19.3. The summed E-state index contributed by atoms with van der Waals surface area (Å²) in [5.74, 6) is -0.142. The fourth-order valence-corrected chi connectivity index (χ4v) is 3.69. The number of benzene rings is 1. The average molecular weight is 386 g/mol. The van der Waals surface area contributed by atoms with Crippen molar-refractivity contribution in [2.45, 2.75) is 13.0 Å². The van der Waals surface area contributed by atoms with E-state index in [0.717, 1.165) is 22.0 Å². The Bertz CT molecular complexity index is 1020. The van der Waals surface area contributed by atoms with Gasteiger partial charge in [-0.15, -0.1) is 0 Å². The molecule has 7 nitrogen and oxygen atoms in total. The third kappa shape index (κ3) is 5.15. The minimum Gasteiger partial charge on any atom is -0.361 e. The highest BCUT2D eigenvalue weighted by Gasteiger charge is 2.17. The summed E-state index contributed by atoms with van der Waals surface area (Å²) in [5, 5.41) is 3.82. The number of carbonyl (C=O) groups is 1. The Kier molecular flexibility index (Phi) is 5.88. The Labute approximate surface area is 158 Å². The minimum absolute atomic E-state index is 0.142. The normalized spacial score (nSPS) is 11.8. The molecule has 2 heterocycles. The molecule has 0 radical (unpaired) electrons. The highest BCUT2D eigenvalue weighted by atomic mass is 32.2. The molecule has 0 unspecified atom stereocenters. The van der Waals surface area contributed by atoms with Crippen molar-refractivity contribution in [1.29, 1.82) is 0 Å². The van der Waals surface area contributed by atoms with Gasteiger partial charge in [-0.3, -0.25) is 9.78 Å². The Balaban J connectivity index is 1.55. The molecule has 0 atom stereocenters. The predicted octanol–water partition coefficient (Wildman–Crippen LogP) is 1.68. The molecule has 1 aromatic carbocycles. The molecular formula is C19H22N4O3S. The van der Waals surface area contributed by atoms with Crippen LogP contribution in [0.3, 0.4) is 0 Å². The number of nitrogens with zero attached hydrogens (tertiary/aromatic N) is 2. The number of hydrogen-bond acceptors (Lipinski definition) is 4. The molecule has 0 saturated heterocycles. The number of rotatable bonds is 8. The van der Waals surface area contributed by atoms with E-state index < -0.39 is 10.0 Å². The van der Waals surface area contributed by atoms with Gasteiger partial charge in [-0.05, 0) is 29.3 Å². The molecule has 1 amide bonds. The van der Waals surface area contributed by atoms with Crippen LogP contribution < -0.4 is 5.32 Å². The maximum absolute atomic E-state index is 12.2. The van der Waals surface area contributed by atoms with Gasteiger partial charge in [-0.25, -0.2) is 8.42 Å². The lowest BCUT2D eigenvalue weighted by molar-refractivity contribution is -0.120. The van der Waals surface area contributed by atoms with E-state index in [2.05, 4.69) is 15.3 Å². The number of hydrogen-bond donors (Lipinski definition) is 2. The Morgan fingerprint density at radius 1 is 1.19 bits per heavy atom. The average Bonchev–Trinajstić information content (AvgIpc) is 3.04. The number of nitrogens with one attached hydrogen (secondary N) is 2. The van der Waals surface area contributed by atoms with Crippen molar-refractivity contribution in [3.05, 3.63) is 66.1 Å². The molecule has 2 aromatic heterocycles. The topological polar surface area (TPSA) is 95.2 Å². The molecule has 3 aromatic rings. The monoisotopic (exact) mass is 386 g/mol. The number of aromatic amines is 1. The lowest BCUT2D eigenvalue weighted by atomic mass is 10.1. The third-order valence-corrected chi connectivity index (χ3v) is 5.54. The van der Waals surface area contributed by atoms with Gasteiger partial charge in [0.1, 0.15) is 0 Å². The first-order chi connectivity index (χ1) is 12.9. The summed E-state index contributed by atoms with van der Waals surface area (Å²) >= 11 is 0. The highest BCUT2D eigenvalue weighted by molar-refractivity contribution is 7.88. The summed E-state index contributed by atoms with van der Waals surface area (Å²) in [6.07, 6.45) is 6.49. The van der Waals surface area contributed by atoms with E-state index in [1.54, 1.807) is 24.5 Å². The van der Waals surface area contributed by atoms with Gasteiger partial charge in [0.05, 0.1) is 12.7 Å². The lowest BCUT2D eigenvalue weighted by Gasteiger charge is -2.20. The van der Waals surface area contributed by atoms with E-state index in [0.29, 0.717) is 0 Å². The molecule has 0 bridgehead atoms. The number of aromatic nitrogens is 2. The first kappa shape index (κ1) is 19.1. The summed E-state index contributed by atoms with van der Waals surface area (Å²) in [6.45, 7) is 0.708. The SMILES string of the molecule is CS(=O)(=O)N(CCNC(=O)Cc1c[nH]c2ccccc12)Cc1ccncc1. The Hall–Kier alpha value is -2.71. The van der Waals surface area contributed by atoms with E-state index in [-0.39, 0.29) is 32.0 Å². The van der Waals surface area contributed by atoms with Crippen LogP contribution in [0.1, 0.15) is 11.1 Å². The number of sulfonamides is 1. The Morgan fingerprint density at radius 3 is 2.67 bits per heavy atom. The maximum atomic E-state index is 12.2. The summed E-state index contributed by atoms with van der Waals surface area (Å²) in [7, 11) is -3.38. The molecule has 0 spiro atoms. The van der Waals surface area contributed by atoms with E-state index in [9.17, 15) is 13.2 Å². The molecule has 0 aliphatic heterocycles. The van der Waals surface area contributed by atoms with Crippen LogP contribution in [0.5, 0.6) is 0 Å². The van der Waals surface area contributed by atoms with E-state index in [1.807, 2.05) is 30.5 Å². The van der Waals surface area contributed by atoms with Crippen LogP contribution >= 0.6 is 0 Å².